The Hall–Kier alpha value is -2.33. The van der Waals surface area contributed by atoms with E-state index < -0.39 is 36.7 Å². The highest BCUT2D eigenvalue weighted by Crippen LogP contribution is 2.38. The Kier molecular flexibility index (Phi) is 8.23. The van der Waals surface area contributed by atoms with Crippen LogP contribution in [0.4, 0.5) is 0 Å². The quantitative estimate of drug-likeness (QED) is 0.364. The topological polar surface area (TPSA) is 138 Å². The highest BCUT2D eigenvalue weighted by atomic mass is 16.7. The number of carbonyl (C=O) groups is 1. The third-order valence-corrected chi connectivity index (χ3v) is 5.83. The molecule has 33 heavy (non-hydrogen) atoms. The third kappa shape index (κ3) is 6.60. The first-order valence-corrected chi connectivity index (χ1v) is 11.3. The molecule has 0 aromatic heterocycles. The lowest BCUT2D eigenvalue weighted by Crippen LogP contribution is -2.60. The molecule has 5 atom stereocenters. The molecule has 0 amide bonds. The molecule has 0 radical (unpaired) electrons. The maximum atomic E-state index is 11.4. The van der Waals surface area contributed by atoms with E-state index in [1.54, 1.807) is 6.20 Å². The van der Waals surface area contributed by atoms with E-state index in [9.17, 15) is 25.2 Å². The second-order valence-electron chi connectivity index (χ2n) is 9.67. The van der Waals surface area contributed by atoms with Gasteiger partial charge in [0, 0.05) is 11.7 Å². The van der Waals surface area contributed by atoms with Crippen LogP contribution in [0.25, 0.3) is 0 Å². The normalized spacial score (nSPS) is 29.0. The van der Waals surface area contributed by atoms with Crippen LogP contribution in [0.5, 0.6) is 5.75 Å². The van der Waals surface area contributed by atoms with Crippen LogP contribution in [-0.4, -0.2) is 69.2 Å². The van der Waals surface area contributed by atoms with Crippen molar-refractivity contribution in [2.45, 2.75) is 88.6 Å². The second kappa shape index (κ2) is 10.7. The monoisotopic (exact) mass is 465 g/mol. The molecule has 1 aromatic rings. The number of carboxylic acid groups (broad SMARTS) is 1. The molecule has 9 heteroatoms. The predicted molar refractivity (Wildman–Crippen MR) is 120 cm³/mol. The summed E-state index contributed by atoms with van der Waals surface area (Å²) in [6.45, 7) is 5.83. The molecule has 1 saturated carbocycles. The van der Waals surface area contributed by atoms with Gasteiger partial charge in [-0.2, -0.15) is 0 Å². The smallest absolute Gasteiger partial charge is 0.335 e. The largest absolute Gasteiger partial charge is 0.485 e. The summed E-state index contributed by atoms with van der Waals surface area (Å²) < 4.78 is 17.1. The van der Waals surface area contributed by atoms with E-state index in [4.69, 9.17) is 14.2 Å². The van der Waals surface area contributed by atoms with Crippen LogP contribution in [0.3, 0.4) is 0 Å². The predicted octanol–water partition coefficient (Wildman–Crippen LogP) is 1.86. The van der Waals surface area contributed by atoms with Gasteiger partial charge in [-0.05, 0) is 51.2 Å². The Balaban J connectivity index is 1.76. The molecule has 1 aliphatic carbocycles. The molecule has 0 unspecified atom stereocenters. The van der Waals surface area contributed by atoms with E-state index in [-0.39, 0.29) is 17.9 Å². The first-order valence-electron chi connectivity index (χ1n) is 11.3. The van der Waals surface area contributed by atoms with Crippen LogP contribution in [-0.2, 0) is 14.3 Å². The summed E-state index contributed by atoms with van der Waals surface area (Å²) in [4.78, 5) is 11.4. The molecular weight excluding hydrogens is 430 g/mol. The van der Waals surface area contributed by atoms with Crippen molar-refractivity contribution in [3.8, 4) is 5.75 Å². The molecule has 1 heterocycles. The van der Waals surface area contributed by atoms with Gasteiger partial charge < -0.3 is 40.0 Å². The molecule has 1 saturated heterocycles. The number of aliphatic hydroxyl groups is 3. The Morgan fingerprint density at radius 1 is 1.12 bits per heavy atom. The molecule has 1 aliphatic heterocycles. The molecule has 184 valence electrons. The van der Waals surface area contributed by atoms with Crippen molar-refractivity contribution in [2.24, 2.45) is 0 Å². The molecule has 0 bridgehead atoms. The summed E-state index contributed by atoms with van der Waals surface area (Å²) >= 11 is 0. The van der Waals surface area contributed by atoms with E-state index in [0.29, 0.717) is 5.92 Å². The number of hydrogen-bond acceptors (Lipinski definition) is 8. The lowest BCUT2D eigenvalue weighted by Gasteiger charge is -2.38. The van der Waals surface area contributed by atoms with Gasteiger partial charge in [0.1, 0.15) is 30.7 Å². The average Bonchev–Trinajstić information content (AvgIpc) is 3.29. The number of rotatable bonds is 8. The lowest BCUT2D eigenvalue weighted by molar-refractivity contribution is -0.285. The molecule has 1 aromatic carbocycles. The maximum absolute atomic E-state index is 11.4. The van der Waals surface area contributed by atoms with Crippen LogP contribution in [0, 0.1) is 0 Å². The fourth-order valence-electron chi connectivity index (χ4n) is 4.04. The number of aliphatic hydroxyl groups excluding tert-OH is 3. The fraction of sp³-hybridized carbons (Fsp3) is 0.625. The number of hydrogen-bond donors (Lipinski definition) is 5. The van der Waals surface area contributed by atoms with E-state index in [0.717, 1.165) is 24.2 Å². The highest BCUT2D eigenvalue weighted by molar-refractivity contribution is 5.73. The van der Waals surface area contributed by atoms with Crippen LogP contribution in [0.2, 0.25) is 0 Å². The van der Waals surface area contributed by atoms with Gasteiger partial charge in [-0.1, -0.05) is 31.0 Å². The standard InChI is InChI=1S/C24H35NO8/c1-24(2,3)25-12-15(32-23-20(28)18(26)19(27)21(33-23)22(29)30)13-31-17-11-7-6-10-16(17)14-8-4-5-9-14/h6-7,10-12,14,18-21,23,25-28H,4-5,8-9,13H2,1-3H3,(H,29,30)/t18-,19-,20+,21-,23+/m0/s1. The second-order valence-corrected chi connectivity index (χ2v) is 9.67. The van der Waals surface area contributed by atoms with Gasteiger partial charge in [0.15, 0.2) is 11.9 Å². The van der Waals surface area contributed by atoms with Crippen molar-refractivity contribution >= 4 is 5.97 Å². The summed E-state index contributed by atoms with van der Waals surface area (Å²) in [5, 5.41) is 42.7. The van der Waals surface area contributed by atoms with Crippen molar-refractivity contribution in [1.29, 1.82) is 0 Å². The van der Waals surface area contributed by atoms with E-state index in [2.05, 4.69) is 11.4 Å². The molecule has 9 nitrogen and oxygen atoms in total. The van der Waals surface area contributed by atoms with Crippen molar-refractivity contribution in [1.82, 2.24) is 5.32 Å². The van der Waals surface area contributed by atoms with E-state index in [1.165, 1.54) is 12.8 Å². The summed E-state index contributed by atoms with van der Waals surface area (Å²) in [6.07, 6.45) is -2.25. The first-order chi connectivity index (χ1) is 15.6. The molecule has 3 rings (SSSR count). The number of aliphatic carboxylic acids is 1. The van der Waals surface area contributed by atoms with Crippen molar-refractivity contribution in [2.75, 3.05) is 6.61 Å². The fourth-order valence-corrected chi connectivity index (χ4v) is 4.04. The van der Waals surface area contributed by atoms with Gasteiger partial charge in [-0.25, -0.2) is 4.79 Å². The Morgan fingerprint density at radius 3 is 2.42 bits per heavy atom. The number of nitrogens with one attached hydrogen (secondary N) is 1. The van der Waals surface area contributed by atoms with Crippen molar-refractivity contribution < 1.29 is 39.4 Å². The number of ether oxygens (including phenoxy) is 3. The number of benzene rings is 1. The minimum Gasteiger partial charge on any atom is -0.485 e. The van der Waals surface area contributed by atoms with Gasteiger partial charge in [-0.15, -0.1) is 0 Å². The van der Waals surface area contributed by atoms with Crippen LogP contribution < -0.4 is 10.1 Å². The molecule has 0 spiro atoms. The third-order valence-electron chi connectivity index (χ3n) is 5.83. The molecule has 2 fully saturated rings. The van der Waals surface area contributed by atoms with Crippen molar-refractivity contribution in [3.63, 3.8) is 0 Å². The van der Waals surface area contributed by atoms with Crippen LogP contribution in [0.15, 0.2) is 36.2 Å². The van der Waals surface area contributed by atoms with Crippen LogP contribution >= 0.6 is 0 Å². The summed E-state index contributed by atoms with van der Waals surface area (Å²) in [5.41, 5.74) is 0.832. The molecule has 5 N–H and O–H groups in total. The minimum absolute atomic E-state index is 0.0181. The minimum atomic E-state index is -1.79. The highest BCUT2D eigenvalue weighted by Gasteiger charge is 2.48. The Bertz CT molecular complexity index is 830. The van der Waals surface area contributed by atoms with Crippen molar-refractivity contribution in [3.05, 3.63) is 41.8 Å². The van der Waals surface area contributed by atoms with Gasteiger partial charge in [0.05, 0.1) is 0 Å². The maximum Gasteiger partial charge on any atom is 0.335 e. The lowest BCUT2D eigenvalue weighted by atomic mass is 9.97. The Morgan fingerprint density at radius 2 is 1.79 bits per heavy atom. The zero-order valence-electron chi connectivity index (χ0n) is 19.3. The zero-order chi connectivity index (χ0) is 24.2. The van der Waals surface area contributed by atoms with E-state index in [1.807, 2.05) is 39.0 Å². The number of para-hydroxylation sites is 1. The Labute approximate surface area is 194 Å². The van der Waals surface area contributed by atoms with Gasteiger partial charge in [0.25, 0.3) is 0 Å². The zero-order valence-corrected chi connectivity index (χ0v) is 19.3. The summed E-state index contributed by atoms with van der Waals surface area (Å²) in [7, 11) is 0. The van der Waals surface area contributed by atoms with Gasteiger partial charge in [0.2, 0.25) is 6.29 Å². The number of carboxylic acids is 1. The van der Waals surface area contributed by atoms with Crippen LogP contribution in [0.1, 0.15) is 57.9 Å². The van der Waals surface area contributed by atoms with Gasteiger partial charge >= 0.3 is 5.97 Å². The molecule has 2 aliphatic rings. The van der Waals surface area contributed by atoms with E-state index >= 15 is 0 Å². The van der Waals surface area contributed by atoms with Gasteiger partial charge in [-0.3, -0.25) is 0 Å². The summed E-state index contributed by atoms with van der Waals surface area (Å²) in [6, 6.07) is 7.84. The first kappa shape index (κ1) is 25.3. The SMILES string of the molecule is CC(C)(C)NC=C(COc1ccccc1C1CCCC1)O[C@@H]1O[C@H](C(=O)O)[C@@H](O)[C@H](O)[C@H]1O. The summed E-state index contributed by atoms with van der Waals surface area (Å²) in [5.74, 6) is -0.0533. The molecular formula is C24H35NO8. The average molecular weight is 466 g/mol.